The van der Waals surface area contributed by atoms with Crippen molar-refractivity contribution in [3.63, 3.8) is 0 Å². The number of allylic oxidation sites excluding steroid dienone is 23. The zero-order valence-electron chi connectivity index (χ0n) is 58.1. The molecule has 0 rings (SSSR count). The lowest BCUT2D eigenvalue weighted by atomic mass is 10.0. The minimum Gasteiger partial charge on any atom is -0.456 e. The molecule has 0 aliphatic carbocycles. The summed E-state index contributed by atoms with van der Waals surface area (Å²) in [4.78, 5) is 37.9. The van der Waals surface area contributed by atoms with E-state index in [1.165, 1.54) is 103 Å². The molecular weight excluding hydrogens is 1120 g/mol. The number of phosphoric acid groups is 1. The molecule has 0 aliphatic heterocycles. The molecule has 10 heteroatoms. The average molecular weight is 1260 g/mol. The van der Waals surface area contributed by atoms with Gasteiger partial charge in [0.25, 0.3) is 0 Å². The van der Waals surface area contributed by atoms with Crippen LogP contribution in [-0.4, -0.2) is 74.3 Å². The Morgan fingerprint density at radius 2 is 0.719 bits per heavy atom. The Labute approximate surface area is 548 Å². The van der Waals surface area contributed by atoms with Gasteiger partial charge in [-0.1, -0.05) is 295 Å². The number of rotatable bonds is 64. The van der Waals surface area contributed by atoms with E-state index in [-0.39, 0.29) is 31.5 Å². The maximum atomic E-state index is 13.6. The fourth-order valence-corrected chi connectivity index (χ4v) is 10.5. The summed E-state index contributed by atoms with van der Waals surface area (Å²) in [5, 5.41) is 3.06. The number of unbranched alkanes of at least 4 members (excludes halogenated alkanes) is 26. The Bertz CT molecular complexity index is 2030. The van der Waals surface area contributed by atoms with Crippen molar-refractivity contribution < 1.29 is 37.3 Å². The second kappa shape index (κ2) is 66.8. The van der Waals surface area contributed by atoms with E-state index >= 15 is 0 Å². The third-order valence-corrected chi connectivity index (χ3v) is 16.3. The van der Waals surface area contributed by atoms with E-state index in [9.17, 15) is 19.0 Å². The van der Waals surface area contributed by atoms with Gasteiger partial charge in [0.1, 0.15) is 19.3 Å². The molecule has 0 spiro atoms. The first-order valence-electron chi connectivity index (χ1n) is 36.2. The lowest BCUT2D eigenvalue weighted by Crippen LogP contribution is -2.47. The summed E-state index contributed by atoms with van der Waals surface area (Å²) in [5.41, 5.74) is 0. The number of likely N-dealkylation sites (N-methyl/N-ethyl adjacent to an activating group) is 1. The molecule has 0 aromatic heterocycles. The second-order valence-electron chi connectivity index (χ2n) is 25.0. The van der Waals surface area contributed by atoms with Gasteiger partial charge in [-0.05, 0) is 128 Å². The van der Waals surface area contributed by atoms with E-state index in [0.717, 1.165) is 154 Å². The van der Waals surface area contributed by atoms with Crippen molar-refractivity contribution in [2.45, 2.75) is 303 Å². The minimum atomic E-state index is -4.47. The molecule has 0 bridgehead atoms. The number of quaternary nitrogens is 1. The van der Waals surface area contributed by atoms with Crippen LogP contribution in [0.5, 0.6) is 0 Å². The van der Waals surface area contributed by atoms with Gasteiger partial charge in [0.2, 0.25) is 5.91 Å². The number of hydrogen-bond donors (Lipinski definition) is 2. The Hall–Kier alpha value is -4.11. The SMILES string of the molecule is CC/C=C\C/C=C\C/C=C\C/C=C\C/C=C\C/C=C\CCCCCCCCCCC(=O)NC(COP(=O)(O)OCC[N+](C)(C)C)C(/C=C/CCCCCCCCCCC)OC(=O)CCCCCCCCCCC/C=C\C/C=C\C/C=C\C/C=C\C/C=C\CC. The van der Waals surface area contributed by atoms with Crippen molar-refractivity contribution >= 4 is 19.7 Å². The molecule has 2 N–H and O–H groups in total. The van der Waals surface area contributed by atoms with Crippen LogP contribution < -0.4 is 5.32 Å². The molecule has 1 amide bonds. The molecule has 89 heavy (non-hydrogen) atoms. The van der Waals surface area contributed by atoms with Crippen LogP contribution in [0.4, 0.5) is 0 Å². The number of phosphoric ester groups is 1. The molecule has 9 nitrogen and oxygen atoms in total. The summed E-state index contributed by atoms with van der Waals surface area (Å²) in [6.45, 7) is 6.77. The Morgan fingerprint density at radius 3 is 1.08 bits per heavy atom. The van der Waals surface area contributed by atoms with E-state index in [1.54, 1.807) is 0 Å². The van der Waals surface area contributed by atoms with Crippen LogP contribution in [0, 0.1) is 0 Å². The average Bonchev–Trinajstić information content (AvgIpc) is 3.70. The number of esters is 1. The predicted octanol–water partition coefficient (Wildman–Crippen LogP) is 23.3. The van der Waals surface area contributed by atoms with Crippen LogP contribution in [0.1, 0.15) is 290 Å². The predicted molar refractivity (Wildman–Crippen MR) is 387 cm³/mol. The van der Waals surface area contributed by atoms with E-state index < -0.39 is 20.0 Å². The zero-order chi connectivity index (χ0) is 64.9. The van der Waals surface area contributed by atoms with Gasteiger partial charge in [0.15, 0.2) is 0 Å². The van der Waals surface area contributed by atoms with Gasteiger partial charge in [-0.25, -0.2) is 4.57 Å². The van der Waals surface area contributed by atoms with Crippen LogP contribution in [0.25, 0.3) is 0 Å². The van der Waals surface area contributed by atoms with E-state index in [2.05, 4.69) is 160 Å². The first-order chi connectivity index (χ1) is 43.4. The summed E-state index contributed by atoms with van der Waals surface area (Å²) in [5.74, 6) is -0.528. The van der Waals surface area contributed by atoms with Crippen LogP contribution in [0.3, 0.4) is 0 Å². The van der Waals surface area contributed by atoms with Gasteiger partial charge in [-0.15, -0.1) is 0 Å². The normalized spacial score (nSPS) is 14.4. The smallest absolute Gasteiger partial charge is 0.456 e. The Kier molecular flexibility index (Phi) is 63.7. The van der Waals surface area contributed by atoms with Gasteiger partial charge in [-0.2, -0.15) is 0 Å². The summed E-state index contributed by atoms with van der Waals surface area (Å²) in [6.07, 6.45) is 97.2. The fraction of sp³-hybridized carbons (Fsp3) is 0.671. The van der Waals surface area contributed by atoms with Gasteiger partial charge >= 0.3 is 13.8 Å². The number of ether oxygens (including phenoxy) is 1. The van der Waals surface area contributed by atoms with E-state index in [1.807, 2.05) is 33.3 Å². The number of amides is 1. The van der Waals surface area contributed by atoms with E-state index in [4.69, 9.17) is 13.8 Å². The molecular formula is C79H136N2O7P+. The number of nitrogens with one attached hydrogen (secondary N) is 1. The van der Waals surface area contributed by atoms with Gasteiger partial charge in [0, 0.05) is 12.8 Å². The first-order valence-corrected chi connectivity index (χ1v) is 37.7. The van der Waals surface area contributed by atoms with Crippen molar-refractivity contribution in [3.8, 4) is 0 Å². The van der Waals surface area contributed by atoms with Crippen LogP contribution in [0.2, 0.25) is 0 Å². The molecule has 0 aromatic carbocycles. The van der Waals surface area contributed by atoms with E-state index in [0.29, 0.717) is 17.4 Å². The first kappa shape index (κ1) is 84.9. The molecule has 0 saturated heterocycles. The molecule has 0 aromatic rings. The molecule has 0 aliphatic rings. The molecule has 0 heterocycles. The van der Waals surface area contributed by atoms with Crippen molar-refractivity contribution in [1.29, 1.82) is 0 Å². The lowest BCUT2D eigenvalue weighted by molar-refractivity contribution is -0.870. The highest BCUT2D eigenvalue weighted by atomic mass is 31.2. The van der Waals surface area contributed by atoms with Crippen LogP contribution in [0.15, 0.2) is 146 Å². The summed E-state index contributed by atoms with van der Waals surface area (Å²) in [7, 11) is 1.47. The van der Waals surface area contributed by atoms with Crippen molar-refractivity contribution in [2.24, 2.45) is 0 Å². The third-order valence-electron chi connectivity index (χ3n) is 15.3. The topological polar surface area (TPSA) is 111 Å². The summed E-state index contributed by atoms with van der Waals surface area (Å²) < 4.78 is 30.8. The molecule has 3 atom stereocenters. The van der Waals surface area contributed by atoms with Gasteiger partial charge < -0.3 is 19.4 Å². The van der Waals surface area contributed by atoms with Crippen molar-refractivity contribution in [1.82, 2.24) is 5.32 Å². The maximum absolute atomic E-state index is 13.6. The largest absolute Gasteiger partial charge is 0.472 e. The lowest BCUT2D eigenvalue weighted by Gasteiger charge is -2.27. The van der Waals surface area contributed by atoms with Gasteiger partial charge in [-0.3, -0.25) is 18.6 Å². The van der Waals surface area contributed by atoms with Gasteiger partial charge in [0.05, 0.1) is 33.8 Å². The quantitative estimate of drug-likeness (QED) is 0.0205. The third kappa shape index (κ3) is 68.1. The monoisotopic (exact) mass is 1260 g/mol. The standard InChI is InChI=1S/C79H135N2O7P/c1-7-10-13-16-19-22-25-27-29-31-33-35-37-39-40-42-43-45-47-49-51-53-56-59-62-65-68-71-78(82)80-76(75-87-89(84,85)86-74-73-81(4,5)6)77(70-67-64-61-58-55-24-21-18-15-12-9-3)88-79(83)72-69-66-63-60-57-54-52-50-48-46-44-41-38-36-34-32-30-28-26-23-20-17-14-11-8-2/h10-11,13-14,19-20,22-23,27-30,33-36,39-41,43-45,67,70,76-77H,7-9,12,15-18,21,24-26,31-32,37-38,42,46-66,68-69,71-75H2,1-6H3,(H-,80,82,84,85)/p+1/b13-10-,14-11-,22-19-,23-20-,29-27-,30-28-,35-33-,36-34-,40-39-,44-41-,45-43-,70-67+. The number of nitrogens with zero attached hydrogens (tertiary/aromatic N) is 1. The Balaban J connectivity index is 5.06. The second-order valence-corrected chi connectivity index (χ2v) is 26.4. The summed E-state index contributed by atoms with van der Waals surface area (Å²) >= 11 is 0. The molecule has 0 saturated carbocycles. The highest BCUT2D eigenvalue weighted by Crippen LogP contribution is 2.43. The molecule has 0 radical (unpaired) electrons. The number of hydrogen-bond acceptors (Lipinski definition) is 6. The van der Waals surface area contributed by atoms with Crippen LogP contribution in [-0.2, 0) is 27.9 Å². The maximum Gasteiger partial charge on any atom is 0.472 e. The zero-order valence-corrected chi connectivity index (χ0v) is 59.0. The summed E-state index contributed by atoms with van der Waals surface area (Å²) in [6, 6.07) is -0.867. The minimum absolute atomic E-state index is 0.0299. The number of carbonyl (C=O) groups is 2. The fourth-order valence-electron chi connectivity index (χ4n) is 9.79. The van der Waals surface area contributed by atoms with Crippen molar-refractivity contribution in [2.75, 3.05) is 40.9 Å². The highest BCUT2D eigenvalue weighted by Gasteiger charge is 2.30. The van der Waals surface area contributed by atoms with Crippen molar-refractivity contribution in [3.05, 3.63) is 146 Å². The Morgan fingerprint density at radius 1 is 0.404 bits per heavy atom. The number of carbonyl (C=O) groups excluding carboxylic acids is 2. The molecule has 0 fully saturated rings. The molecule has 508 valence electrons. The highest BCUT2D eigenvalue weighted by molar-refractivity contribution is 7.47. The molecule has 3 unspecified atom stereocenters. The van der Waals surface area contributed by atoms with Crippen LogP contribution >= 0.6 is 7.82 Å².